The van der Waals surface area contributed by atoms with Gasteiger partial charge in [0.05, 0.1) is 10.6 Å². The van der Waals surface area contributed by atoms with Gasteiger partial charge in [0, 0.05) is 33.5 Å². The van der Waals surface area contributed by atoms with Gasteiger partial charge in [-0.1, -0.05) is 119 Å². The van der Waals surface area contributed by atoms with Crippen LogP contribution in [-0.4, -0.2) is 43.8 Å². The first-order chi connectivity index (χ1) is 22.6. The Morgan fingerprint density at radius 3 is 2.19 bits per heavy atom. The molecule has 1 atom stereocenters. The van der Waals surface area contributed by atoms with Crippen LogP contribution in [0.4, 0.5) is 5.69 Å². The van der Waals surface area contributed by atoms with Crippen LogP contribution in [-0.2, 0) is 32.6 Å². The van der Waals surface area contributed by atoms with Crippen molar-refractivity contribution in [2.75, 3.05) is 10.8 Å². The Kier molecular flexibility index (Phi) is 12.0. The van der Waals surface area contributed by atoms with Gasteiger partial charge >= 0.3 is 0 Å². The van der Waals surface area contributed by atoms with E-state index in [1.54, 1.807) is 60.7 Å². The molecule has 4 aromatic carbocycles. The molecule has 246 valence electrons. The third-order valence-corrected chi connectivity index (χ3v) is 11.2. The van der Waals surface area contributed by atoms with Crippen molar-refractivity contribution in [3.8, 4) is 0 Å². The van der Waals surface area contributed by atoms with Gasteiger partial charge in [-0.25, -0.2) is 8.42 Å². The van der Waals surface area contributed by atoms with Crippen molar-refractivity contribution in [2.45, 2.75) is 62.0 Å². The maximum Gasteiger partial charge on any atom is 0.264 e. The summed E-state index contributed by atoms with van der Waals surface area (Å²) >= 11 is 16.2. The van der Waals surface area contributed by atoms with Crippen molar-refractivity contribution in [3.63, 3.8) is 0 Å². The summed E-state index contributed by atoms with van der Waals surface area (Å²) in [5.74, 6) is -0.852. The summed E-state index contributed by atoms with van der Waals surface area (Å²) in [6.45, 7) is -0.594. The first kappa shape index (κ1) is 35.0. The Bertz CT molecular complexity index is 1790. The van der Waals surface area contributed by atoms with Crippen molar-refractivity contribution in [1.29, 1.82) is 0 Å². The largest absolute Gasteiger partial charge is 0.352 e. The predicted molar refractivity (Wildman–Crippen MR) is 191 cm³/mol. The summed E-state index contributed by atoms with van der Waals surface area (Å²) in [4.78, 5) is 30.4. The van der Waals surface area contributed by atoms with Crippen molar-refractivity contribution < 1.29 is 18.0 Å². The number of carbonyl (C=O) groups is 2. The molecule has 4 aromatic rings. The van der Waals surface area contributed by atoms with Gasteiger partial charge in [-0.15, -0.1) is 0 Å². The van der Waals surface area contributed by atoms with E-state index in [0.29, 0.717) is 25.8 Å². The van der Waals surface area contributed by atoms with Crippen LogP contribution in [0.25, 0.3) is 0 Å². The highest BCUT2D eigenvalue weighted by Gasteiger charge is 2.35. The number of benzene rings is 4. The maximum atomic E-state index is 14.7. The number of anilines is 1. The monoisotopic (exact) mass is 755 g/mol. The van der Waals surface area contributed by atoms with E-state index in [9.17, 15) is 18.0 Å². The van der Waals surface area contributed by atoms with E-state index < -0.39 is 28.5 Å². The molecular weight excluding hydrogens is 721 g/mol. The molecular formula is C36H36BrCl2N3O4S. The zero-order chi connectivity index (χ0) is 33.4. The Balaban J connectivity index is 1.58. The lowest BCUT2D eigenvalue weighted by Crippen LogP contribution is -2.55. The SMILES string of the molecule is O=C(NC1CCCCC1)[C@@H](Cc1ccccc1)N(Cc1ccc(Cl)cc1Cl)C(=O)CN(c1cccc(Br)c1)S(=O)(=O)c1ccccc1. The van der Waals surface area contributed by atoms with Gasteiger partial charge < -0.3 is 10.2 Å². The Hall–Kier alpha value is -3.37. The zero-order valence-electron chi connectivity index (χ0n) is 25.7. The molecule has 1 fully saturated rings. The third-order valence-electron chi connectivity index (χ3n) is 8.28. The topological polar surface area (TPSA) is 86.8 Å². The first-order valence-electron chi connectivity index (χ1n) is 15.5. The van der Waals surface area contributed by atoms with Crippen LogP contribution >= 0.6 is 39.1 Å². The van der Waals surface area contributed by atoms with Crippen LogP contribution in [0.1, 0.15) is 43.2 Å². The van der Waals surface area contributed by atoms with Crippen LogP contribution in [0.2, 0.25) is 10.0 Å². The molecule has 7 nitrogen and oxygen atoms in total. The van der Waals surface area contributed by atoms with Gasteiger partial charge in [-0.3, -0.25) is 13.9 Å². The van der Waals surface area contributed by atoms with Crippen molar-refractivity contribution >= 4 is 66.7 Å². The van der Waals surface area contributed by atoms with E-state index in [-0.39, 0.29) is 29.8 Å². The first-order valence-corrected chi connectivity index (χ1v) is 18.5. The third kappa shape index (κ3) is 9.16. The summed E-state index contributed by atoms with van der Waals surface area (Å²) in [6, 6.07) is 28.2. The molecule has 2 amide bonds. The van der Waals surface area contributed by atoms with Gasteiger partial charge in [0.25, 0.3) is 10.0 Å². The molecule has 1 N–H and O–H groups in total. The Labute approximate surface area is 295 Å². The van der Waals surface area contributed by atoms with Gasteiger partial charge in [-0.05, 0) is 66.4 Å². The molecule has 1 aliphatic carbocycles. The summed E-state index contributed by atoms with van der Waals surface area (Å²) in [5.41, 5.74) is 1.73. The van der Waals surface area contributed by atoms with Gasteiger partial charge in [0.2, 0.25) is 11.8 Å². The fraction of sp³-hybridized carbons (Fsp3) is 0.278. The molecule has 5 rings (SSSR count). The van der Waals surface area contributed by atoms with Crippen LogP contribution in [0.5, 0.6) is 0 Å². The number of nitrogens with zero attached hydrogens (tertiary/aromatic N) is 2. The van der Waals surface area contributed by atoms with E-state index in [0.717, 1.165) is 42.0 Å². The Morgan fingerprint density at radius 2 is 1.53 bits per heavy atom. The number of rotatable bonds is 12. The number of sulfonamides is 1. The number of hydrogen-bond acceptors (Lipinski definition) is 4. The highest BCUT2D eigenvalue weighted by atomic mass is 79.9. The molecule has 0 aromatic heterocycles. The molecule has 0 radical (unpaired) electrons. The van der Waals surface area contributed by atoms with Crippen molar-refractivity contribution in [3.05, 3.63) is 129 Å². The molecule has 0 bridgehead atoms. The lowest BCUT2D eigenvalue weighted by atomic mass is 9.94. The molecule has 0 heterocycles. The number of nitrogens with one attached hydrogen (secondary N) is 1. The smallest absolute Gasteiger partial charge is 0.264 e. The highest BCUT2D eigenvalue weighted by molar-refractivity contribution is 9.10. The fourth-order valence-corrected chi connectivity index (χ4v) is 8.09. The standard InChI is InChI=1S/C36H36BrCl2N3O4S/c37-28-13-10-16-31(22-28)42(47(45,46)32-17-8-3-9-18-32)25-35(43)41(24-27-19-20-29(38)23-33(27)39)34(21-26-11-4-1-5-12-26)36(44)40-30-14-6-2-7-15-30/h1,3-5,8-13,16-20,22-23,30,34H,2,6-7,14-15,21,24-25H2,(H,40,44)/t34-/m1/s1. The summed E-state index contributed by atoms with van der Waals surface area (Å²) in [5, 5.41) is 3.98. The van der Waals surface area contributed by atoms with Gasteiger partial charge in [0.1, 0.15) is 12.6 Å². The second-order valence-corrected chi connectivity index (χ2v) is 15.2. The van der Waals surface area contributed by atoms with E-state index in [1.807, 2.05) is 30.3 Å². The zero-order valence-corrected chi connectivity index (χ0v) is 29.6. The van der Waals surface area contributed by atoms with Crippen LogP contribution in [0.3, 0.4) is 0 Å². The molecule has 0 saturated heterocycles. The second-order valence-electron chi connectivity index (χ2n) is 11.6. The number of halogens is 3. The normalized spacial score (nSPS) is 14.3. The van der Waals surface area contributed by atoms with Crippen molar-refractivity contribution in [1.82, 2.24) is 10.2 Å². The molecule has 0 spiro atoms. The lowest BCUT2D eigenvalue weighted by Gasteiger charge is -2.35. The quantitative estimate of drug-likeness (QED) is 0.159. The van der Waals surface area contributed by atoms with Gasteiger partial charge in [-0.2, -0.15) is 0 Å². The van der Waals surface area contributed by atoms with E-state index >= 15 is 0 Å². The molecule has 11 heteroatoms. The number of amides is 2. The van der Waals surface area contributed by atoms with E-state index in [4.69, 9.17) is 23.2 Å². The molecule has 0 aliphatic heterocycles. The Morgan fingerprint density at radius 1 is 0.851 bits per heavy atom. The minimum absolute atomic E-state index is 0.00206. The van der Waals surface area contributed by atoms with E-state index in [2.05, 4.69) is 21.2 Å². The molecule has 1 aliphatic rings. The van der Waals surface area contributed by atoms with Crippen LogP contribution in [0, 0.1) is 0 Å². The molecule has 0 unspecified atom stereocenters. The molecule has 47 heavy (non-hydrogen) atoms. The second kappa shape index (κ2) is 16.2. The fourth-order valence-electron chi connectivity index (χ4n) is 5.81. The summed E-state index contributed by atoms with van der Waals surface area (Å²) in [7, 11) is -4.19. The minimum atomic E-state index is -4.19. The average molecular weight is 758 g/mol. The number of hydrogen-bond donors (Lipinski definition) is 1. The van der Waals surface area contributed by atoms with Crippen LogP contribution < -0.4 is 9.62 Å². The minimum Gasteiger partial charge on any atom is -0.352 e. The summed E-state index contributed by atoms with van der Waals surface area (Å²) < 4.78 is 30.0. The highest BCUT2D eigenvalue weighted by Crippen LogP contribution is 2.29. The average Bonchev–Trinajstić information content (AvgIpc) is 3.07. The summed E-state index contributed by atoms with van der Waals surface area (Å²) in [6.07, 6.45) is 5.13. The molecule has 1 saturated carbocycles. The van der Waals surface area contributed by atoms with E-state index in [1.165, 1.54) is 17.0 Å². The predicted octanol–water partition coefficient (Wildman–Crippen LogP) is 8.04. The van der Waals surface area contributed by atoms with Crippen LogP contribution in [0.15, 0.2) is 112 Å². The van der Waals surface area contributed by atoms with Crippen molar-refractivity contribution in [2.24, 2.45) is 0 Å². The van der Waals surface area contributed by atoms with Gasteiger partial charge in [0.15, 0.2) is 0 Å². The maximum absolute atomic E-state index is 14.7. The number of carbonyl (C=O) groups excluding carboxylic acids is 2. The lowest BCUT2D eigenvalue weighted by molar-refractivity contribution is -0.140.